The van der Waals surface area contributed by atoms with Gasteiger partial charge in [0.25, 0.3) is 0 Å². The number of aromatic nitrogens is 1. The van der Waals surface area contributed by atoms with Crippen LogP contribution in [0.4, 0.5) is 0 Å². The smallest absolute Gasteiger partial charge is 0.137 e. The van der Waals surface area contributed by atoms with Crippen molar-refractivity contribution in [2.75, 3.05) is 0 Å². The first-order valence-electron chi connectivity index (χ1n) is 3.59. The molecular weight excluding hydrogens is 158 g/mol. The fraction of sp³-hybridized carbons (Fsp3) is 0.375. The molecule has 1 heterocycles. The Morgan fingerprint density at radius 3 is 2.50 bits per heavy atom. The van der Waals surface area contributed by atoms with E-state index < -0.39 is 0 Å². The molecule has 0 saturated heterocycles. The van der Waals surface area contributed by atoms with Crippen LogP contribution in [0.1, 0.15) is 17.0 Å². The Hall–Kier alpha value is -1.13. The van der Waals surface area contributed by atoms with Crippen molar-refractivity contribution in [2.45, 2.75) is 20.1 Å². The minimum Gasteiger partial charge on any atom is -0.506 e. The molecule has 1 aromatic heterocycles. The molecule has 0 aromatic carbocycles. The third kappa shape index (κ3) is 1.54. The molecule has 0 bridgehead atoms. The number of hydrogen-bond acceptors (Lipinski definition) is 4. The molecule has 0 radical (unpaired) electrons. The second-order valence-corrected chi connectivity index (χ2v) is 2.51. The molecule has 1 aromatic rings. The van der Waals surface area contributed by atoms with E-state index in [0.717, 1.165) is 0 Å². The summed E-state index contributed by atoms with van der Waals surface area (Å²) in [6.07, 6.45) is 0. The molecule has 4 heteroatoms. The van der Waals surface area contributed by atoms with Gasteiger partial charge in [-0.05, 0) is 13.0 Å². The van der Waals surface area contributed by atoms with Crippen LogP contribution < -0.4 is 0 Å². The summed E-state index contributed by atoms with van der Waals surface area (Å²) >= 11 is 0. The largest absolute Gasteiger partial charge is 0.506 e. The maximum absolute atomic E-state index is 9.20. The average Bonchev–Trinajstić information content (AvgIpc) is 2.09. The molecule has 66 valence electrons. The number of aliphatic hydroxyl groups excluding tert-OH is 2. The Balaban J connectivity index is 3.19. The van der Waals surface area contributed by atoms with E-state index in [9.17, 15) is 5.11 Å². The van der Waals surface area contributed by atoms with Crippen LogP contribution in [0.2, 0.25) is 0 Å². The normalized spacial score (nSPS) is 10.2. The first kappa shape index (κ1) is 8.96. The van der Waals surface area contributed by atoms with Crippen LogP contribution in [0.25, 0.3) is 0 Å². The number of aromatic hydroxyl groups is 1. The highest BCUT2D eigenvalue weighted by atomic mass is 16.3. The average molecular weight is 169 g/mol. The van der Waals surface area contributed by atoms with Crippen LogP contribution in [-0.2, 0) is 13.2 Å². The van der Waals surface area contributed by atoms with Gasteiger partial charge in [-0.25, -0.2) is 0 Å². The second-order valence-electron chi connectivity index (χ2n) is 2.51. The van der Waals surface area contributed by atoms with Crippen molar-refractivity contribution in [1.82, 2.24) is 4.98 Å². The zero-order valence-corrected chi connectivity index (χ0v) is 6.78. The van der Waals surface area contributed by atoms with Gasteiger partial charge >= 0.3 is 0 Å². The molecule has 0 atom stereocenters. The number of nitrogens with zero attached hydrogens (tertiary/aromatic N) is 1. The molecule has 0 aliphatic rings. The number of rotatable bonds is 2. The van der Waals surface area contributed by atoms with E-state index in [2.05, 4.69) is 4.98 Å². The van der Waals surface area contributed by atoms with Gasteiger partial charge in [0.1, 0.15) is 5.75 Å². The molecule has 0 aliphatic heterocycles. The lowest BCUT2D eigenvalue weighted by Crippen LogP contribution is -1.99. The maximum atomic E-state index is 9.20. The van der Waals surface area contributed by atoms with Crippen molar-refractivity contribution in [2.24, 2.45) is 0 Å². The lowest BCUT2D eigenvalue weighted by Gasteiger charge is -2.06. The highest BCUT2D eigenvalue weighted by molar-refractivity contribution is 5.33. The lowest BCUT2D eigenvalue weighted by molar-refractivity contribution is 0.254. The summed E-state index contributed by atoms with van der Waals surface area (Å²) in [7, 11) is 0. The highest BCUT2D eigenvalue weighted by Gasteiger charge is 2.06. The molecule has 0 fully saturated rings. The molecule has 1 rings (SSSR count). The third-order valence-electron chi connectivity index (χ3n) is 1.68. The van der Waals surface area contributed by atoms with Crippen molar-refractivity contribution < 1.29 is 15.3 Å². The van der Waals surface area contributed by atoms with Crippen LogP contribution in [0, 0.1) is 6.92 Å². The predicted molar refractivity (Wildman–Crippen MR) is 42.5 cm³/mol. The van der Waals surface area contributed by atoms with Gasteiger partial charge in [-0.15, -0.1) is 0 Å². The fourth-order valence-corrected chi connectivity index (χ4v) is 0.958. The summed E-state index contributed by atoms with van der Waals surface area (Å²) in [5.41, 5.74) is 1.32. The molecule has 0 spiro atoms. The molecular formula is C8H11NO3. The van der Waals surface area contributed by atoms with Gasteiger partial charge in [-0.2, -0.15) is 0 Å². The summed E-state index contributed by atoms with van der Waals surface area (Å²) < 4.78 is 0. The van der Waals surface area contributed by atoms with Gasteiger partial charge in [-0.1, -0.05) is 0 Å². The molecule has 0 unspecified atom stereocenters. The molecule has 0 aliphatic carbocycles. The Labute approximate surface area is 70.1 Å². The maximum Gasteiger partial charge on any atom is 0.137 e. The Morgan fingerprint density at radius 2 is 2.00 bits per heavy atom. The first-order chi connectivity index (χ1) is 5.69. The molecule has 0 amide bonds. The number of aliphatic hydroxyl groups is 2. The van der Waals surface area contributed by atoms with Crippen molar-refractivity contribution >= 4 is 0 Å². The van der Waals surface area contributed by atoms with Crippen LogP contribution in [-0.4, -0.2) is 20.3 Å². The zero-order chi connectivity index (χ0) is 9.14. The first-order valence-corrected chi connectivity index (χ1v) is 3.59. The van der Waals surface area contributed by atoms with E-state index in [0.29, 0.717) is 17.0 Å². The van der Waals surface area contributed by atoms with Gasteiger partial charge in [-0.3, -0.25) is 4.98 Å². The Bertz CT molecular complexity index is 257. The molecule has 0 saturated carbocycles. The van der Waals surface area contributed by atoms with E-state index >= 15 is 0 Å². The summed E-state index contributed by atoms with van der Waals surface area (Å²) in [4.78, 5) is 3.90. The zero-order valence-electron chi connectivity index (χ0n) is 6.78. The van der Waals surface area contributed by atoms with Gasteiger partial charge in [0, 0.05) is 5.56 Å². The summed E-state index contributed by atoms with van der Waals surface area (Å²) in [5.74, 6) is 0.0382. The topological polar surface area (TPSA) is 73.6 Å². The summed E-state index contributed by atoms with van der Waals surface area (Å²) in [6, 6.07) is 1.41. The predicted octanol–water partition coefficient (Wildman–Crippen LogP) is 0.0802. The number of hydrogen-bond donors (Lipinski definition) is 3. The van der Waals surface area contributed by atoms with E-state index in [4.69, 9.17) is 10.2 Å². The molecule has 3 N–H and O–H groups in total. The van der Waals surface area contributed by atoms with Gasteiger partial charge in [0.05, 0.1) is 24.6 Å². The van der Waals surface area contributed by atoms with Crippen molar-refractivity contribution in [3.05, 3.63) is 23.0 Å². The summed E-state index contributed by atoms with van der Waals surface area (Å²) in [5, 5.41) is 26.8. The SMILES string of the molecule is Cc1nc(CO)c(CO)cc1O. The van der Waals surface area contributed by atoms with E-state index in [1.807, 2.05) is 0 Å². The lowest BCUT2D eigenvalue weighted by atomic mass is 10.2. The highest BCUT2D eigenvalue weighted by Crippen LogP contribution is 2.18. The van der Waals surface area contributed by atoms with Crippen LogP contribution in [0.5, 0.6) is 5.75 Å². The van der Waals surface area contributed by atoms with Crippen LogP contribution in [0.3, 0.4) is 0 Å². The number of aryl methyl sites for hydroxylation is 1. The third-order valence-corrected chi connectivity index (χ3v) is 1.68. The number of pyridine rings is 1. The standard InChI is InChI=1S/C8H11NO3/c1-5-8(12)2-6(3-10)7(4-11)9-5/h2,10-12H,3-4H2,1H3. The Morgan fingerprint density at radius 1 is 1.33 bits per heavy atom. The fourth-order valence-electron chi connectivity index (χ4n) is 0.958. The minimum atomic E-state index is -0.225. The van der Waals surface area contributed by atoms with Gasteiger partial charge in [0.15, 0.2) is 0 Å². The second kappa shape index (κ2) is 3.51. The van der Waals surface area contributed by atoms with Gasteiger partial charge < -0.3 is 15.3 Å². The summed E-state index contributed by atoms with van der Waals surface area (Å²) in [6.45, 7) is 1.18. The molecule has 4 nitrogen and oxygen atoms in total. The van der Waals surface area contributed by atoms with E-state index in [1.165, 1.54) is 6.07 Å². The van der Waals surface area contributed by atoms with E-state index in [-0.39, 0.29) is 19.0 Å². The quantitative estimate of drug-likeness (QED) is 0.586. The Kier molecular flexibility index (Phi) is 2.62. The van der Waals surface area contributed by atoms with Gasteiger partial charge in [0.2, 0.25) is 0 Å². The monoisotopic (exact) mass is 169 g/mol. The van der Waals surface area contributed by atoms with E-state index in [1.54, 1.807) is 6.92 Å². The minimum absolute atomic E-state index is 0.0382. The molecule has 12 heavy (non-hydrogen) atoms. The van der Waals surface area contributed by atoms with Crippen molar-refractivity contribution in [1.29, 1.82) is 0 Å². The van der Waals surface area contributed by atoms with Crippen LogP contribution in [0.15, 0.2) is 6.07 Å². The van der Waals surface area contributed by atoms with Crippen molar-refractivity contribution in [3.63, 3.8) is 0 Å². The van der Waals surface area contributed by atoms with Crippen LogP contribution >= 0.6 is 0 Å². The van der Waals surface area contributed by atoms with Crippen molar-refractivity contribution in [3.8, 4) is 5.75 Å².